The van der Waals surface area contributed by atoms with Gasteiger partial charge in [0.25, 0.3) is 0 Å². The maximum atomic E-state index is 2.40. The molecule has 0 atom stereocenters. The van der Waals surface area contributed by atoms with Gasteiger partial charge < -0.3 is 0 Å². The summed E-state index contributed by atoms with van der Waals surface area (Å²) in [6.45, 7) is 11.5. The second-order valence-corrected chi connectivity index (χ2v) is 4.68. The molecule has 0 radical (unpaired) electrons. The second-order valence-electron chi connectivity index (χ2n) is 3.69. The molecule has 0 fully saturated rings. The Balaban J connectivity index is 0. The molecule has 0 saturated carbocycles. The van der Waals surface area contributed by atoms with Gasteiger partial charge in [-0.3, -0.25) is 0 Å². The van der Waals surface area contributed by atoms with E-state index in [9.17, 15) is 0 Å². The van der Waals surface area contributed by atoms with Crippen LogP contribution in [-0.4, -0.2) is 16.5 Å². The second kappa shape index (κ2) is 7.60. The van der Waals surface area contributed by atoms with Crippen molar-refractivity contribution in [2.24, 2.45) is 11.8 Å². The van der Waals surface area contributed by atoms with Gasteiger partial charge in [0.2, 0.25) is 0 Å². The molecule has 1 nitrogen and oxygen atoms in total. The van der Waals surface area contributed by atoms with E-state index in [1.807, 2.05) is 0 Å². The van der Waals surface area contributed by atoms with Gasteiger partial charge in [-0.2, -0.15) is 0 Å². The SMILES string of the molecule is CC(C)C[N]([Ti])CC(C)C.Cl. The maximum absolute atomic E-state index is 2.40. The maximum Gasteiger partial charge on any atom is -0.147 e. The summed E-state index contributed by atoms with van der Waals surface area (Å²) in [5, 5.41) is 0. The van der Waals surface area contributed by atoms with E-state index in [-0.39, 0.29) is 12.4 Å². The van der Waals surface area contributed by atoms with Crippen LogP contribution in [0.3, 0.4) is 0 Å². The molecule has 0 unspecified atom stereocenters. The van der Waals surface area contributed by atoms with Gasteiger partial charge in [-0.15, -0.1) is 12.4 Å². The zero-order valence-corrected chi connectivity index (χ0v) is 10.3. The quantitative estimate of drug-likeness (QED) is 0.647. The van der Waals surface area contributed by atoms with Crippen LogP contribution in [0, 0.1) is 11.8 Å². The Morgan fingerprint density at radius 3 is 1.45 bits per heavy atom. The molecule has 0 aliphatic rings. The molecule has 0 amide bonds. The van der Waals surface area contributed by atoms with Crippen LogP contribution in [0.1, 0.15) is 27.7 Å². The summed E-state index contributed by atoms with van der Waals surface area (Å²) in [6, 6.07) is 0. The number of rotatable bonds is 4. The van der Waals surface area contributed by atoms with Crippen LogP contribution in [-0.2, 0) is 20.7 Å². The number of hydrogen-bond donors (Lipinski definition) is 0. The molecule has 0 N–H and O–H groups in total. The third-order valence-corrected chi connectivity index (χ3v) is 1.74. The topological polar surface area (TPSA) is 3.24 Å². The van der Waals surface area contributed by atoms with E-state index in [0.717, 1.165) is 11.8 Å². The third kappa shape index (κ3) is 11.0. The summed E-state index contributed by atoms with van der Waals surface area (Å²) >= 11 is 2.19. The normalized spacial score (nSPS) is 10.7. The van der Waals surface area contributed by atoms with Crippen molar-refractivity contribution < 1.29 is 20.7 Å². The molecule has 0 heterocycles. The van der Waals surface area contributed by atoms with Crippen LogP contribution in [0.15, 0.2) is 0 Å². The predicted octanol–water partition coefficient (Wildman–Crippen LogP) is 2.48. The van der Waals surface area contributed by atoms with Crippen LogP contribution >= 0.6 is 12.4 Å². The summed E-state index contributed by atoms with van der Waals surface area (Å²) in [5.74, 6) is 1.59. The van der Waals surface area contributed by atoms with Crippen LogP contribution in [0.5, 0.6) is 0 Å². The van der Waals surface area contributed by atoms with Crippen molar-refractivity contribution in [3.63, 3.8) is 0 Å². The standard InChI is InChI=1S/C8H18N.ClH.Ti/c1-7(2)5-9-6-8(3)4;;/h7-8H,5-6H2,1-4H3;1H;/q-1;;+1. The molecule has 0 bridgehead atoms. The Morgan fingerprint density at radius 2 is 1.27 bits per heavy atom. The van der Waals surface area contributed by atoms with Gasteiger partial charge in [0.1, 0.15) is 0 Å². The van der Waals surface area contributed by atoms with E-state index in [4.69, 9.17) is 0 Å². The van der Waals surface area contributed by atoms with Crippen LogP contribution in [0.4, 0.5) is 0 Å². The Kier molecular flexibility index (Phi) is 10.0. The Labute approximate surface area is 89.0 Å². The first kappa shape index (κ1) is 14.5. The van der Waals surface area contributed by atoms with Crippen molar-refractivity contribution in [2.75, 3.05) is 13.1 Å². The number of nitrogens with zero attached hydrogens (tertiary/aromatic N) is 1. The molecule has 0 aliphatic heterocycles. The number of hydrogen-bond acceptors (Lipinski definition) is 1. The fraction of sp³-hybridized carbons (Fsp3) is 1.00. The summed E-state index contributed by atoms with van der Waals surface area (Å²) in [6.07, 6.45) is 0. The van der Waals surface area contributed by atoms with E-state index in [2.05, 4.69) is 51.8 Å². The predicted molar refractivity (Wildman–Crippen MR) is 48.5 cm³/mol. The first-order valence-corrected chi connectivity index (χ1v) is 4.68. The van der Waals surface area contributed by atoms with Gasteiger partial charge in [-0.1, -0.05) is 0 Å². The molecular formula is C8H19ClNTi. The molecule has 0 aromatic rings. The first-order chi connectivity index (χ1) is 4.52. The molecule has 0 aromatic carbocycles. The van der Waals surface area contributed by atoms with Crippen molar-refractivity contribution in [3.05, 3.63) is 0 Å². The Morgan fingerprint density at radius 1 is 1.00 bits per heavy atom. The zero-order chi connectivity index (χ0) is 8.15. The molecule has 0 rings (SSSR count). The first-order valence-electron chi connectivity index (χ1n) is 3.98. The van der Waals surface area contributed by atoms with Gasteiger partial charge in [0, 0.05) is 0 Å². The van der Waals surface area contributed by atoms with Crippen molar-refractivity contribution in [1.29, 1.82) is 0 Å². The van der Waals surface area contributed by atoms with E-state index in [0.29, 0.717) is 0 Å². The summed E-state index contributed by atoms with van der Waals surface area (Å²) in [4.78, 5) is 0. The zero-order valence-electron chi connectivity index (χ0n) is 7.92. The largest absolute Gasteiger partial charge is 0.147 e. The summed E-state index contributed by atoms with van der Waals surface area (Å²) in [5.41, 5.74) is 0. The van der Waals surface area contributed by atoms with Gasteiger partial charge in [0.15, 0.2) is 0 Å². The average Bonchev–Trinajstić information content (AvgIpc) is 1.58. The van der Waals surface area contributed by atoms with Crippen molar-refractivity contribution in [1.82, 2.24) is 3.38 Å². The Hall–Kier alpha value is 0.964. The van der Waals surface area contributed by atoms with Crippen molar-refractivity contribution in [3.8, 4) is 0 Å². The smallest absolute Gasteiger partial charge is 0.147 e. The van der Waals surface area contributed by atoms with E-state index < -0.39 is 0 Å². The van der Waals surface area contributed by atoms with Gasteiger partial charge in [-0.05, 0) is 0 Å². The summed E-state index contributed by atoms with van der Waals surface area (Å²) in [7, 11) is 0. The van der Waals surface area contributed by atoms with Gasteiger partial charge >= 0.3 is 76.7 Å². The third-order valence-electron chi connectivity index (χ3n) is 1.17. The molecule has 0 saturated heterocycles. The molecule has 11 heavy (non-hydrogen) atoms. The fourth-order valence-corrected chi connectivity index (χ4v) is 2.10. The van der Waals surface area contributed by atoms with Crippen molar-refractivity contribution in [2.45, 2.75) is 27.7 Å². The van der Waals surface area contributed by atoms with Crippen LogP contribution in [0.25, 0.3) is 0 Å². The van der Waals surface area contributed by atoms with Crippen molar-refractivity contribution >= 4 is 12.4 Å². The number of halogens is 1. The average molecular weight is 213 g/mol. The van der Waals surface area contributed by atoms with Gasteiger partial charge in [-0.25, -0.2) is 0 Å². The fourth-order valence-electron chi connectivity index (χ4n) is 0.956. The molecule has 0 spiro atoms. The minimum atomic E-state index is 0. The van der Waals surface area contributed by atoms with E-state index in [1.54, 1.807) is 0 Å². The monoisotopic (exact) mass is 212 g/mol. The minimum absolute atomic E-state index is 0. The molecule has 0 aromatic heterocycles. The van der Waals surface area contributed by atoms with E-state index >= 15 is 0 Å². The molecule has 3 heteroatoms. The molecular weight excluding hydrogens is 193 g/mol. The van der Waals surface area contributed by atoms with Crippen LogP contribution < -0.4 is 0 Å². The van der Waals surface area contributed by atoms with Gasteiger partial charge in [0.05, 0.1) is 0 Å². The van der Waals surface area contributed by atoms with Crippen LogP contribution in [0.2, 0.25) is 0 Å². The Bertz CT molecular complexity index is 76.2. The van der Waals surface area contributed by atoms with E-state index in [1.165, 1.54) is 13.1 Å². The molecule has 67 valence electrons. The minimum Gasteiger partial charge on any atom is -0.147 e. The summed E-state index contributed by atoms with van der Waals surface area (Å²) < 4.78 is 2.40. The molecule has 0 aliphatic carbocycles.